The molecule has 4 heteroatoms. The van der Waals surface area contributed by atoms with Gasteiger partial charge in [0.15, 0.2) is 0 Å². The number of nitrogens with zero attached hydrogens (tertiary/aromatic N) is 1. The van der Waals surface area contributed by atoms with Crippen molar-refractivity contribution in [3.05, 3.63) is 28.2 Å². The summed E-state index contributed by atoms with van der Waals surface area (Å²) >= 11 is 3.44. The molecule has 1 aromatic rings. The van der Waals surface area contributed by atoms with Gasteiger partial charge in [0.05, 0.1) is 13.2 Å². The first-order valence-corrected chi connectivity index (χ1v) is 7.65. The molecule has 0 bridgehead atoms. The lowest BCUT2D eigenvalue weighted by molar-refractivity contribution is 0.0817. The molecule has 0 aromatic heterocycles. The fraction of sp³-hybridized carbons (Fsp3) is 0.600. The molecule has 0 aliphatic heterocycles. The molecule has 0 amide bonds. The summed E-state index contributed by atoms with van der Waals surface area (Å²) in [7, 11) is 0. The van der Waals surface area contributed by atoms with Crippen molar-refractivity contribution in [2.45, 2.75) is 20.8 Å². The number of rotatable bonds is 9. The van der Waals surface area contributed by atoms with Gasteiger partial charge in [0, 0.05) is 11.0 Å². The maximum Gasteiger partial charge on any atom is 0.122 e. The van der Waals surface area contributed by atoms with Gasteiger partial charge in [-0.1, -0.05) is 29.8 Å². The zero-order chi connectivity index (χ0) is 14.1. The Labute approximate surface area is 125 Å². The van der Waals surface area contributed by atoms with Gasteiger partial charge in [0.2, 0.25) is 0 Å². The highest BCUT2D eigenvalue weighted by molar-refractivity contribution is 9.10. The van der Waals surface area contributed by atoms with Gasteiger partial charge in [0.25, 0.3) is 0 Å². The molecule has 0 aliphatic carbocycles. The largest absolute Gasteiger partial charge is 0.491 e. The number of aryl methyl sites for hydroxylation is 1. The highest BCUT2D eigenvalue weighted by atomic mass is 79.9. The Bertz CT molecular complexity index is 367. The highest BCUT2D eigenvalue weighted by Gasteiger charge is 2.01. The standard InChI is InChI=1S/C15H24BrNO2/c1-4-17(5-2)8-9-18-10-11-19-15-7-6-14(16)12-13(15)3/h6-7,12H,4-5,8-11H2,1-3H3. The van der Waals surface area contributed by atoms with Crippen LogP contribution in [0.2, 0.25) is 0 Å². The number of halogens is 1. The predicted molar refractivity (Wildman–Crippen MR) is 83.0 cm³/mol. The van der Waals surface area contributed by atoms with Crippen LogP contribution in [0, 0.1) is 6.92 Å². The summed E-state index contributed by atoms with van der Waals surface area (Å²) < 4.78 is 12.3. The van der Waals surface area contributed by atoms with Gasteiger partial charge < -0.3 is 14.4 Å². The molecular weight excluding hydrogens is 306 g/mol. The molecular formula is C15H24BrNO2. The van der Waals surface area contributed by atoms with E-state index in [0.29, 0.717) is 13.2 Å². The Kier molecular flexibility index (Phi) is 8.10. The van der Waals surface area contributed by atoms with Crippen molar-refractivity contribution in [1.29, 1.82) is 0 Å². The lowest BCUT2D eigenvalue weighted by atomic mass is 10.2. The molecule has 0 spiro atoms. The third-order valence-corrected chi connectivity index (χ3v) is 3.56. The van der Waals surface area contributed by atoms with E-state index in [2.05, 4.69) is 40.7 Å². The fourth-order valence-electron chi connectivity index (χ4n) is 1.82. The van der Waals surface area contributed by atoms with E-state index >= 15 is 0 Å². The molecule has 0 unspecified atom stereocenters. The van der Waals surface area contributed by atoms with Crippen LogP contribution < -0.4 is 4.74 Å². The molecule has 0 aliphatic rings. The summed E-state index contributed by atoms with van der Waals surface area (Å²) in [6.07, 6.45) is 0. The second-order valence-corrected chi connectivity index (χ2v) is 5.31. The first kappa shape index (κ1) is 16.5. The van der Waals surface area contributed by atoms with Crippen molar-refractivity contribution in [2.24, 2.45) is 0 Å². The van der Waals surface area contributed by atoms with Crippen molar-refractivity contribution in [3.63, 3.8) is 0 Å². The average Bonchev–Trinajstić information content (AvgIpc) is 2.40. The van der Waals surface area contributed by atoms with Crippen LogP contribution in [-0.2, 0) is 4.74 Å². The van der Waals surface area contributed by atoms with Gasteiger partial charge in [-0.2, -0.15) is 0 Å². The molecule has 1 aromatic carbocycles. The van der Waals surface area contributed by atoms with Crippen molar-refractivity contribution in [1.82, 2.24) is 4.90 Å². The predicted octanol–water partition coefficient (Wildman–Crippen LogP) is 3.49. The van der Waals surface area contributed by atoms with Gasteiger partial charge in [-0.25, -0.2) is 0 Å². The molecule has 1 rings (SSSR count). The Hall–Kier alpha value is -0.580. The minimum absolute atomic E-state index is 0.598. The summed E-state index contributed by atoms with van der Waals surface area (Å²) in [5, 5.41) is 0. The van der Waals surface area contributed by atoms with Crippen LogP contribution in [0.1, 0.15) is 19.4 Å². The molecule has 3 nitrogen and oxygen atoms in total. The van der Waals surface area contributed by atoms with Gasteiger partial charge >= 0.3 is 0 Å². The molecule has 0 saturated carbocycles. The minimum atomic E-state index is 0.598. The Morgan fingerprint density at radius 2 is 1.84 bits per heavy atom. The monoisotopic (exact) mass is 329 g/mol. The van der Waals surface area contributed by atoms with Crippen LogP contribution in [0.25, 0.3) is 0 Å². The Balaban J connectivity index is 2.14. The van der Waals surface area contributed by atoms with Crippen LogP contribution in [0.3, 0.4) is 0 Å². The molecule has 0 heterocycles. The third kappa shape index (κ3) is 6.41. The van der Waals surface area contributed by atoms with Crippen molar-refractivity contribution < 1.29 is 9.47 Å². The van der Waals surface area contributed by atoms with Crippen LogP contribution in [0.15, 0.2) is 22.7 Å². The quantitative estimate of drug-likeness (QED) is 0.647. The van der Waals surface area contributed by atoms with E-state index in [9.17, 15) is 0 Å². The lowest BCUT2D eigenvalue weighted by Crippen LogP contribution is -2.27. The normalized spacial score (nSPS) is 11.0. The number of hydrogen-bond acceptors (Lipinski definition) is 3. The van der Waals surface area contributed by atoms with Gasteiger partial charge in [0.1, 0.15) is 12.4 Å². The molecule has 108 valence electrons. The summed E-state index contributed by atoms with van der Waals surface area (Å²) in [5.41, 5.74) is 1.14. The first-order valence-electron chi connectivity index (χ1n) is 6.86. The van der Waals surface area contributed by atoms with Crippen molar-refractivity contribution in [3.8, 4) is 5.75 Å². The SMILES string of the molecule is CCN(CC)CCOCCOc1ccc(Br)cc1C. The fourth-order valence-corrected chi connectivity index (χ4v) is 2.30. The summed E-state index contributed by atoms with van der Waals surface area (Å²) in [6.45, 7) is 11.5. The average molecular weight is 330 g/mol. The number of ether oxygens (including phenoxy) is 2. The zero-order valence-electron chi connectivity index (χ0n) is 12.1. The van der Waals surface area contributed by atoms with E-state index in [-0.39, 0.29) is 0 Å². The van der Waals surface area contributed by atoms with Crippen molar-refractivity contribution in [2.75, 3.05) is 39.5 Å². The molecule has 19 heavy (non-hydrogen) atoms. The van der Waals surface area contributed by atoms with Crippen LogP contribution in [0.5, 0.6) is 5.75 Å². The van der Waals surface area contributed by atoms with E-state index in [1.54, 1.807) is 0 Å². The number of hydrogen-bond donors (Lipinski definition) is 0. The van der Waals surface area contributed by atoms with Crippen LogP contribution in [-0.4, -0.2) is 44.4 Å². The van der Waals surface area contributed by atoms with E-state index in [0.717, 1.165) is 42.0 Å². The van der Waals surface area contributed by atoms with E-state index in [1.165, 1.54) is 0 Å². The maximum atomic E-state index is 5.69. The molecule has 0 fully saturated rings. The third-order valence-electron chi connectivity index (χ3n) is 3.07. The maximum absolute atomic E-state index is 5.69. The smallest absolute Gasteiger partial charge is 0.122 e. The number of benzene rings is 1. The van der Waals surface area contributed by atoms with E-state index in [4.69, 9.17) is 9.47 Å². The van der Waals surface area contributed by atoms with Crippen LogP contribution in [0.4, 0.5) is 0 Å². The van der Waals surface area contributed by atoms with E-state index in [1.807, 2.05) is 19.1 Å². The lowest BCUT2D eigenvalue weighted by Gasteiger charge is -2.17. The van der Waals surface area contributed by atoms with Crippen molar-refractivity contribution >= 4 is 15.9 Å². The molecule has 0 N–H and O–H groups in total. The minimum Gasteiger partial charge on any atom is -0.491 e. The zero-order valence-corrected chi connectivity index (χ0v) is 13.7. The summed E-state index contributed by atoms with van der Waals surface area (Å²) in [5.74, 6) is 0.926. The Morgan fingerprint density at radius 3 is 2.47 bits per heavy atom. The number of likely N-dealkylation sites (N-methyl/N-ethyl adjacent to an activating group) is 1. The second kappa shape index (κ2) is 9.34. The molecule has 0 saturated heterocycles. The summed E-state index contributed by atoms with van der Waals surface area (Å²) in [4.78, 5) is 2.35. The molecule has 0 atom stereocenters. The highest BCUT2D eigenvalue weighted by Crippen LogP contribution is 2.21. The van der Waals surface area contributed by atoms with Crippen LogP contribution >= 0.6 is 15.9 Å². The first-order chi connectivity index (χ1) is 9.17. The molecule has 0 radical (unpaired) electrons. The second-order valence-electron chi connectivity index (χ2n) is 4.40. The topological polar surface area (TPSA) is 21.7 Å². The van der Waals surface area contributed by atoms with Gasteiger partial charge in [-0.05, 0) is 43.8 Å². The Morgan fingerprint density at radius 1 is 1.11 bits per heavy atom. The van der Waals surface area contributed by atoms with Gasteiger partial charge in [-0.3, -0.25) is 0 Å². The van der Waals surface area contributed by atoms with Gasteiger partial charge in [-0.15, -0.1) is 0 Å². The summed E-state index contributed by atoms with van der Waals surface area (Å²) in [6, 6.07) is 6.02. The van der Waals surface area contributed by atoms with E-state index < -0.39 is 0 Å².